The Morgan fingerprint density at radius 1 is 1.58 bits per heavy atom. The molecule has 19 heavy (non-hydrogen) atoms. The van der Waals surface area contributed by atoms with Gasteiger partial charge in [-0.2, -0.15) is 0 Å². The predicted octanol–water partition coefficient (Wildman–Crippen LogP) is 2.25. The second kappa shape index (κ2) is 5.14. The summed E-state index contributed by atoms with van der Waals surface area (Å²) < 4.78 is 11.7. The van der Waals surface area contributed by atoms with E-state index in [1.165, 1.54) is 4.57 Å². The smallest absolute Gasteiger partial charge is 0.419 e. The van der Waals surface area contributed by atoms with Crippen molar-refractivity contribution in [1.29, 1.82) is 0 Å². The molecule has 5 nitrogen and oxygen atoms in total. The van der Waals surface area contributed by atoms with Crippen molar-refractivity contribution < 1.29 is 13.9 Å². The van der Waals surface area contributed by atoms with Crippen molar-refractivity contribution in [2.24, 2.45) is 7.05 Å². The Bertz CT molecular complexity index is 680. The summed E-state index contributed by atoms with van der Waals surface area (Å²) in [5.74, 6) is -1.03. The number of aromatic nitrogens is 1. The number of benzene rings is 1. The quantitative estimate of drug-likeness (QED) is 0.625. The van der Waals surface area contributed by atoms with Gasteiger partial charge in [-0.05, 0) is 18.6 Å². The molecule has 0 radical (unpaired) electrons. The van der Waals surface area contributed by atoms with Gasteiger partial charge in [0, 0.05) is 7.05 Å². The molecule has 0 saturated heterocycles. The Hall–Kier alpha value is -2.30. The summed E-state index contributed by atoms with van der Waals surface area (Å²) in [5, 5.41) is 0. The zero-order valence-electron chi connectivity index (χ0n) is 10.9. The fourth-order valence-electron chi connectivity index (χ4n) is 1.81. The highest BCUT2D eigenvalue weighted by Crippen LogP contribution is 2.19. The molecule has 1 aromatic carbocycles. The molecule has 5 heteroatoms. The maximum Gasteiger partial charge on any atom is 0.419 e. The van der Waals surface area contributed by atoms with Crippen LogP contribution in [-0.4, -0.2) is 16.6 Å². The summed E-state index contributed by atoms with van der Waals surface area (Å²) in [6, 6.07) is 4.97. The first-order chi connectivity index (χ1) is 9.08. The van der Waals surface area contributed by atoms with Gasteiger partial charge in [-0.1, -0.05) is 25.6 Å². The minimum Gasteiger partial charge on any atom is -0.454 e. The molecule has 100 valence electrons. The molecule has 0 saturated carbocycles. The maximum atomic E-state index is 12.1. The van der Waals surface area contributed by atoms with Gasteiger partial charge in [0.15, 0.2) is 5.58 Å². The van der Waals surface area contributed by atoms with E-state index in [0.717, 1.165) is 0 Å². The molecule has 1 aromatic heterocycles. The Balaban J connectivity index is 2.45. The van der Waals surface area contributed by atoms with Gasteiger partial charge in [0.25, 0.3) is 0 Å². The number of hydrogen-bond acceptors (Lipinski definition) is 4. The van der Waals surface area contributed by atoms with Crippen LogP contribution < -0.4 is 5.76 Å². The molecule has 0 spiro atoms. The van der Waals surface area contributed by atoms with Gasteiger partial charge in [0.1, 0.15) is 11.7 Å². The van der Waals surface area contributed by atoms with Crippen molar-refractivity contribution in [3.63, 3.8) is 0 Å². The molecule has 0 bridgehead atoms. The highest BCUT2D eigenvalue weighted by Gasteiger charge is 2.18. The van der Waals surface area contributed by atoms with E-state index in [-0.39, 0.29) is 17.3 Å². The summed E-state index contributed by atoms with van der Waals surface area (Å²) in [6.45, 7) is 5.50. The molecule has 0 aliphatic rings. The Morgan fingerprint density at radius 2 is 2.32 bits per heavy atom. The molecule has 0 aliphatic heterocycles. The van der Waals surface area contributed by atoms with Crippen LogP contribution in [0, 0.1) is 0 Å². The Labute approximate surface area is 110 Å². The fourth-order valence-corrected chi connectivity index (χ4v) is 1.81. The number of oxazole rings is 1. The summed E-state index contributed by atoms with van der Waals surface area (Å²) in [5.41, 5.74) is 1.06. The van der Waals surface area contributed by atoms with E-state index in [0.29, 0.717) is 11.9 Å². The SMILES string of the molecule is C=C[C@H](CC)OC(=O)c1cccc2c1oc(=O)n2C. The number of fused-ring (bicyclic) bond motifs is 1. The van der Waals surface area contributed by atoms with Crippen LogP contribution in [0.3, 0.4) is 0 Å². The summed E-state index contributed by atoms with van der Waals surface area (Å²) in [6.07, 6.45) is 1.86. The zero-order valence-corrected chi connectivity index (χ0v) is 10.9. The summed E-state index contributed by atoms with van der Waals surface area (Å²) in [4.78, 5) is 23.5. The highest BCUT2D eigenvalue weighted by atomic mass is 16.5. The van der Waals surface area contributed by atoms with E-state index in [1.54, 1.807) is 31.3 Å². The predicted molar refractivity (Wildman–Crippen MR) is 71.1 cm³/mol. The van der Waals surface area contributed by atoms with Gasteiger partial charge in [0.05, 0.1) is 5.52 Å². The lowest BCUT2D eigenvalue weighted by molar-refractivity contribution is 0.0390. The van der Waals surface area contributed by atoms with Crippen LogP contribution in [0.25, 0.3) is 11.1 Å². The largest absolute Gasteiger partial charge is 0.454 e. The lowest BCUT2D eigenvalue weighted by atomic mass is 10.2. The van der Waals surface area contributed by atoms with Crippen LogP contribution in [0.2, 0.25) is 0 Å². The molecule has 2 aromatic rings. The molecule has 0 unspecified atom stereocenters. The van der Waals surface area contributed by atoms with Crippen LogP contribution in [0.15, 0.2) is 40.1 Å². The van der Waals surface area contributed by atoms with E-state index < -0.39 is 11.7 Å². The summed E-state index contributed by atoms with van der Waals surface area (Å²) in [7, 11) is 1.59. The molecule has 1 atom stereocenters. The lowest BCUT2D eigenvalue weighted by Crippen LogP contribution is -2.15. The molecule has 0 aliphatic carbocycles. The molecule has 1 heterocycles. The van der Waals surface area contributed by atoms with Crippen molar-refractivity contribution in [2.75, 3.05) is 0 Å². The van der Waals surface area contributed by atoms with Gasteiger partial charge in [0.2, 0.25) is 0 Å². The monoisotopic (exact) mass is 261 g/mol. The van der Waals surface area contributed by atoms with Crippen LogP contribution in [-0.2, 0) is 11.8 Å². The molecule has 0 fully saturated rings. The van der Waals surface area contributed by atoms with E-state index in [2.05, 4.69) is 6.58 Å². The summed E-state index contributed by atoms with van der Waals surface area (Å²) >= 11 is 0. The minimum absolute atomic E-state index is 0.246. The topological polar surface area (TPSA) is 61.4 Å². The molecule has 2 rings (SSSR count). The first kappa shape index (κ1) is 13.1. The number of carbonyl (C=O) groups excluding carboxylic acids is 1. The van der Waals surface area contributed by atoms with Crippen LogP contribution in [0.1, 0.15) is 23.7 Å². The number of ether oxygens (including phenoxy) is 1. The Kier molecular flexibility index (Phi) is 3.55. The van der Waals surface area contributed by atoms with Crippen LogP contribution >= 0.6 is 0 Å². The third kappa shape index (κ3) is 2.31. The number of aryl methyl sites for hydroxylation is 1. The number of hydrogen-bond donors (Lipinski definition) is 0. The van der Waals surface area contributed by atoms with Gasteiger partial charge < -0.3 is 9.15 Å². The average molecular weight is 261 g/mol. The lowest BCUT2D eigenvalue weighted by Gasteiger charge is -2.11. The van der Waals surface area contributed by atoms with E-state index in [1.807, 2.05) is 6.92 Å². The van der Waals surface area contributed by atoms with Gasteiger partial charge in [-0.15, -0.1) is 0 Å². The second-order valence-electron chi connectivity index (χ2n) is 4.17. The van der Waals surface area contributed by atoms with Gasteiger partial charge >= 0.3 is 11.7 Å². The molecule has 0 N–H and O–H groups in total. The standard InChI is InChI=1S/C14H15NO4/c1-4-9(5-2)18-13(16)10-7-6-8-11-12(10)19-14(17)15(11)3/h4,6-9H,1,5H2,2-3H3/t9-/m1/s1. The average Bonchev–Trinajstić information content (AvgIpc) is 2.71. The van der Waals surface area contributed by atoms with Crippen molar-refractivity contribution in [3.05, 3.63) is 47.0 Å². The maximum absolute atomic E-state index is 12.1. The number of para-hydroxylation sites is 1. The van der Waals surface area contributed by atoms with Gasteiger partial charge in [-0.3, -0.25) is 4.57 Å². The fraction of sp³-hybridized carbons (Fsp3) is 0.286. The van der Waals surface area contributed by atoms with Crippen molar-refractivity contribution in [2.45, 2.75) is 19.4 Å². The van der Waals surface area contributed by atoms with Crippen molar-refractivity contribution in [3.8, 4) is 0 Å². The first-order valence-electron chi connectivity index (χ1n) is 6.00. The van der Waals surface area contributed by atoms with Gasteiger partial charge in [-0.25, -0.2) is 9.59 Å². The molecule has 0 amide bonds. The minimum atomic E-state index is -0.522. The normalized spacial score (nSPS) is 12.3. The first-order valence-corrected chi connectivity index (χ1v) is 6.00. The van der Waals surface area contributed by atoms with Crippen LogP contribution in [0.5, 0.6) is 0 Å². The third-order valence-electron chi connectivity index (χ3n) is 2.96. The number of carbonyl (C=O) groups is 1. The molecular weight excluding hydrogens is 246 g/mol. The van der Waals surface area contributed by atoms with E-state index in [4.69, 9.17) is 9.15 Å². The number of nitrogens with zero attached hydrogens (tertiary/aromatic N) is 1. The van der Waals surface area contributed by atoms with E-state index in [9.17, 15) is 9.59 Å². The van der Waals surface area contributed by atoms with Crippen molar-refractivity contribution >= 4 is 17.1 Å². The third-order valence-corrected chi connectivity index (χ3v) is 2.96. The molecular formula is C14H15NO4. The van der Waals surface area contributed by atoms with Crippen LogP contribution in [0.4, 0.5) is 0 Å². The highest BCUT2D eigenvalue weighted by molar-refractivity contribution is 6.01. The van der Waals surface area contributed by atoms with E-state index >= 15 is 0 Å². The van der Waals surface area contributed by atoms with Crippen molar-refractivity contribution in [1.82, 2.24) is 4.57 Å². The Morgan fingerprint density at radius 3 is 2.95 bits per heavy atom. The zero-order chi connectivity index (χ0) is 14.0. The number of esters is 1. The number of rotatable bonds is 4. The second-order valence-corrected chi connectivity index (χ2v) is 4.17.